The van der Waals surface area contributed by atoms with Crippen LogP contribution < -0.4 is 10.5 Å². The van der Waals surface area contributed by atoms with Gasteiger partial charge in [-0.3, -0.25) is 4.90 Å². The van der Waals surface area contributed by atoms with E-state index in [0.29, 0.717) is 5.92 Å². The van der Waals surface area contributed by atoms with E-state index in [-0.39, 0.29) is 12.1 Å². The first-order valence-electron chi connectivity index (χ1n) is 7.79. The maximum absolute atomic E-state index is 6.26. The molecule has 4 heteroatoms. The summed E-state index contributed by atoms with van der Waals surface area (Å²) in [6, 6.07) is 8.52. The molecule has 1 fully saturated rings. The number of likely N-dealkylation sites (N-methyl/N-ethyl adjacent to an activating group) is 1. The van der Waals surface area contributed by atoms with Gasteiger partial charge < -0.3 is 15.2 Å². The van der Waals surface area contributed by atoms with Gasteiger partial charge in [0.1, 0.15) is 5.75 Å². The van der Waals surface area contributed by atoms with E-state index in [1.165, 1.54) is 5.56 Å². The molecule has 0 amide bonds. The molecular formula is C17H28N2O2. The molecule has 2 unspecified atom stereocenters. The van der Waals surface area contributed by atoms with Crippen molar-refractivity contribution in [3.63, 3.8) is 0 Å². The lowest BCUT2D eigenvalue weighted by atomic mass is 9.95. The Kier molecular flexibility index (Phi) is 6.03. The standard InChI is InChI=1S/C17H28N2O2/c1-13(18)17(15-5-4-6-16(11-15)20-3)19(2)12-14-7-9-21-10-8-14/h4-6,11,13-14,17H,7-10,12,18H2,1-3H3. The monoisotopic (exact) mass is 292 g/mol. The lowest BCUT2D eigenvalue weighted by molar-refractivity contribution is 0.0486. The van der Waals surface area contributed by atoms with Gasteiger partial charge >= 0.3 is 0 Å². The van der Waals surface area contributed by atoms with E-state index in [1.807, 2.05) is 12.1 Å². The van der Waals surface area contributed by atoms with Crippen LogP contribution in [-0.4, -0.2) is 44.9 Å². The molecule has 118 valence electrons. The summed E-state index contributed by atoms with van der Waals surface area (Å²) >= 11 is 0. The SMILES string of the molecule is COc1cccc(C(C(C)N)N(C)CC2CCOCC2)c1. The quantitative estimate of drug-likeness (QED) is 0.875. The number of hydrogen-bond acceptors (Lipinski definition) is 4. The van der Waals surface area contributed by atoms with Crippen LogP contribution in [-0.2, 0) is 4.74 Å². The largest absolute Gasteiger partial charge is 0.497 e. The van der Waals surface area contributed by atoms with E-state index < -0.39 is 0 Å². The average molecular weight is 292 g/mol. The first-order valence-corrected chi connectivity index (χ1v) is 7.79. The van der Waals surface area contributed by atoms with Gasteiger partial charge in [0.15, 0.2) is 0 Å². The van der Waals surface area contributed by atoms with Crippen LogP contribution >= 0.6 is 0 Å². The highest BCUT2D eigenvalue weighted by molar-refractivity contribution is 5.31. The van der Waals surface area contributed by atoms with E-state index >= 15 is 0 Å². The normalized spacial score (nSPS) is 19.5. The number of nitrogens with two attached hydrogens (primary N) is 1. The summed E-state index contributed by atoms with van der Waals surface area (Å²) in [4.78, 5) is 2.38. The van der Waals surface area contributed by atoms with E-state index in [4.69, 9.17) is 15.2 Å². The second kappa shape index (κ2) is 7.78. The zero-order chi connectivity index (χ0) is 15.2. The van der Waals surface area contributed by atoms with Crippen molar-refractivity contribution in [2.45, 2.75) is 31.8 Å². The van der Waals surface area contributed by atoms with Gasteiger partial charge in [-0.2, -0.15) is 0 Å². The predicted octanol–water partition coefficient (Wildman–Crippen LogP) is 2.44. The Balaban J connectivity index is 2.09. The fraction of sp³-hybridized carbons (Fsp3) is 0.647. The van der Waals surface area contributed by atoms with Crippen LogP contribution in [0.4, 0.5) is 0 Å². The molecule has 4 nitrogen and oxygen atoms in total. The van der Waals surface area contributed by atoms with Gasteiger partial charge in [0, 0.05) is 31.8 Å². The third kappa shape index (κ3) is 4.43. The van der Waals surface area contributed by atoms with Crippen LogP contribution in [0.5, 0.6) is 5.75 Å². The maximum Gasteiger partial charge on any atom is 0.119 e. The van der Waals surface area contributed by atoms with Gasteiger partial charge in [-0.15, -0.1) is 0 Å². The lowest BCUT2D eigenvalue weighted by Gasteiger charge is -2.35. The third-order valence-electron chi connectivity index (χ3n) is 4.30. The number of rotatable bonds is 6. The Labute approximate surface area is 128 Å². The fourth-order valence-electron chi connectivity index (χ4n) is 3.23. The minimum absolute atomic E-state index is 0.0712. The first-order chi connectivity index (χ1) is 10.1. The Bertz CT molecular complexity index is 431. The Morgan fingerprint density at radius 2 is 2.10 bits per heavy atom. The summed E-state index contributed by atoms with van der Waals surface area (Å²) in [6.07, 6.45) is 2.29. The molecule has 1 aliphatic rings. The highest BCUT2D eigenvalue weighted by Crippen LogP contribution is 2.27. The highest BCUT2D eigenvalue weighted by Gasteiger charge is 2.25. The van der Waals surface area contributed by atoms with Crippen molar-refractivity contribution in [1.82, 2.24) is 4.90 Å². The topological polar surface area (TPSA) is 47.7 Å². The van der Waals surface area contributed by atoms with E-state index in [9.17, 15) is 0 Å². The molecule has 0 saturated carbocycles. The predicted molar refractivity (Wildman–Crippen MR) is 85.6 cm³/mol. The zero-order valence-corrected chi connectivity index (χ0v) is 13.4. The third-order valence-corrected chi connectivity index (χ3v) is 4.30. The van der Waals surface area contributed by atoms with Gasteiger partial charge in [-0.25, -0.2) is 0 Å². The second-order valence-corrected chi connectivity index (χ2v) is 6.08. The Hall–Kier alpha value is -1.10. The molecule has 0 bridgehead atoms. The van der Waals surface area contributed by atoms with E-state index in [0.717, 1.165) is 38.3 Å². The summed E-state index contributed by atoms with van der Waals surface area (Å²) in [5.74, 6) is 1.59. The molecule has 21 heavy (non-hydrogen) atoms. The van der Waals surface area contributed by atoms with Crippen LogP contribution in [0.15, 0.2) is 24.3 Å². The van der Waals surface area contributed by atoms with Crippen molar-refractivity contribution in [3.8, 4) is 5.75 Å². The van der Waals surface area contributed by atoms with Gasteiger partial charge in [0.2, 0.25) is 0 Å². The molecule has 0 radical (unpaired) electrons. The molecule has 2 rings (SSSR count). The van der Waals surface area contributed by atoms with Crippen molar-refractivity contribution in [2.24, 2.45) is 11.7 Å². The van der Waals surface area contributed by atoms with Crippen LogP contribution in [0, 0.1) is 5.92 Å². The minimum atomic E-state index is 0.0712. The van der Waals surface area contributed by atoms with Gasteiger partial charge in [0.05, 0.1) is 7.11 Å². The Morgan fingerprint density at radius 1 is 1.38 bits per heavy atom. The van der Waals surface area contributed by atoms with Crippen molar-refractivity contribution in [2.75, 3.05) is 33.9 Å². The van der Waals surface area contributed by atoms with Gasteiger partial charge in [-0.1, -0.05) is 12.1 Å². The highest BCUT2D eigenvalue weighted by atomic mass is 16.5. The number of hydrogen-bond donors (Lipinski definition) is 1. The minimum Gasteiger partial charge on any atom is -0.497 e. The van der Waals surface area contributed by atoms with Gasteiger partial charge in [0.25, 0.3) is 0 Å². The molecule has 0 aliphatic carbocycles. The summed E-state index contributed by atoms with van der Waals surface area (Å²) in [6.45, 7) is 4.92. The summed E-state index contributed by atoms with van der Waals surface area (Å²) in [5, 5.41) is 0. The van der Waals surface area contributed by atoms with Crippen LogP contribution in [0.25, 0.3) is 0 Å². The fourth-order valence-corrected chi connectivity index (χ4v) is 3.23. The molecule has 0 aromatic heterocycles. The molecule has 2 N–H and O–H groups in total. The molecule has 1 saturated heterocycles. The van der Waals surface area contributed by atoms with Crippen molar-refractivity contribution in [1.29, 1.82) is 0 Å². The van der Waals surface area contributed by atoms with Crippen molar-refractivity contribution >= 4 is 0 Å². The van der Waals surface area contributed by atoms with Crippen LogP contribution in [0.3, 0.4) is 0 Å². The van der Waals surface area contributed by atoms with E-state index in [1.54, 1.807) is 7.11 Å². The lowest BCUT2D eigenvalue weighted by Crippen LogP contribution is -2.40. The second-order valence-electron chi connectivity index (χ2n) is 6.08. The average Bonchev–Trinajstić information content (AvgIpc) is 2.48. The van der Waals surface area contributed by atoms with Crippen molar-refractivity contribution < 1.29 is 9.47 Å². The molecule has 2 atom stereocenters. The molecule has 1 aromatic carbocycles. The summed E-state index contributed by atoms with van der Waals surface area (Å²) in [5.41, 5.74) is 7.48. The number of benzene rings is 1. The van der Waals surface area contributed by atoms with Crippen LogP contribution in [0.1, 0.15) is 31.4 Å². The number of methoxy groups -OCH3 is 1. The smallest absolute Gasteiger partial charge is 0.119 e. The molecule has 0 spiro atoms. The summed E-state index contributed by atoms with van der Waals surface area (Å²) in [7, 11) is 3.87. The van der Waals surface area contributed by atoms with Gasteiger partial charge in [-0.05, 0) is 50.4 Å². The maximum atomic E-state index is 6.26. The van der Waals surface area contributed by atoms with Crippen molar-refractivity contribution in [3.05, 3.63) is 29.8 Å². The van der Waals surface area contributed by atoms with Crippen LogP contribution in [0.2, 0.25) is 0 Å². The molecule has 1 heterocycles. The molecule has 1 aliphatic heterocycles. The van der Waals surface area contributed by atoms with E-state index in [2.05, 4.69) is 31.0 Å². The zero-order valence-electron chi connectivity index (χ0n) is 13.4. The first kappa shape index (κ1) is 16.3. The molecule has 1 aromatic rings. The number of ether oxygens (including phenoxy) is 2. The molecular weight excluding hydrogens is 264 g/mol. The summed E-state index contributed by atoms with van der Waals surface area (Å²) < 4.78 is 10.8. The number of nitrogens with zero attached hydrogens (tertiary/aromatic N) is 1. The Morgan fingerprint density at radius 3 is 2.71 bits per heavy atom.